The number of aryl methyl sites for hydroxylation is 1. The lowest BCUT2D eigenvalue weighted by molar-refractivity contribution is -0.137. The van der Waals surface area contributed by atoms with Gasteiger partial charge in [0.25, 0.3) is 5.91 Å². The zero-order chi connectivity index (χ0) is 21.8. The fourth-order valence-corrected chi connectivity index (χ4v) is 4.29. The van der Waals surface area contributed by atoms with E-state index in [0.29, 0.717) is 18.8 Å². The number of hydrogen-bond donors (Lipinski definition) is 1. The number of carbonyl (C=O) groups excluding carboxylic acids is 2. The monoisotopic (exact) mass is 426 g/mol. The molecular formula is C22H30N6O3. The third-order valence-corrected chi connectivity index (χ3v) is 6.26. The summed E-state index contributed by atoms with van der Waals surface area (Å²) >= 11 is 0. The normalized spacial score (nSPS) is 19.3. The lowest BCUT2D eigenvalue weighted by Gasteiger charge is -2.40. The number of nitrogens with one attached hydrogen (secondary N) is 1. The van der Waals surface area contributed by atoms with Crippen LogP contribution in [0.2, 0.25) is 0 Å². The predicted octanol–water partition coefficient (Wildman–Crippen LogP) is 1.31. The van der Waals surface area contributed by atoms with Crippen LogP contribution < -0.4 is 10.2 Å². The highest BCUT2D eigenvalue weighted by Crippen LogP contribution is 2.18. The average molecular weight is 427 g/mol. The van der Waals surface area contributed by atoms with E-state index >= 15 is 0 Å². The summed E-state index contributed by atoms with van der Waals surface area (Å²) in [5.74, 6) is 1.11. The van der Waals surface area contributed by atoms with Crippen LogP contribution in [0.4, 0.5) is 5.95 Å². The number of piperidine rings is 1. The van der Waals surface area contributed by atoms with Crippen LogP contribution in [0, 0.1) is 6.92 Å². The molecular weight excluding hydrogens is 396 g/mol. The Morgan fingerprint density at radius 2 is 1.77 bits per heavy atom. The zero-order valence-electron chi connectivity index (χ0n) is 18.2. The van der Waals surface area contributed by atoms with Crippen molar-refractivity contribution in [3.63, 3.8) is 0 Å². The van der Waals surface area contributed by atoms with Gasteiger partial charge in [-0.3, -0.25) is 14.5 Å². The molecule has 9 heteroatoms. The van der Waals surface area contributed by atoms with Crippen LogP contribution in [0.1, 0.15) is 35.9 Å². The van der Waals surface area contributed by atoms with E-state index in [0.717, 1.165) is 50.5 Å². The van der Waals surface area contributed by atoms with E-state index in [1.165, 1.54) is 6.26 Å². The highest BCUT2D eigenvalue weighted by Gasteiger charge is 2.32. The first-order chi connectivity index (χ1) is 15.0. The van der Waals surface area contributed by atoms with Crippen molar-refractivity contribution in [2.75, 3.05) is 44.2 Å². The average Bonchev–Trinajstić information content (AvgIpc) is 3.25. The van der Waals surface area contributed by atoms with Gasteiger partial charge in [-0.25, -0.2) is 9.97 Å². The largest absolute Gasteiger partial charge is 0.459 e. The number of amides is 2. The smallest absolute Gasteiger partial charge is 0.287 e. The van der Waals surface area contributed by atoms with Gasteiger partial charge in [-0.1, -0.05) is 0 Å². The van der Waals surface area contributed by atoms with Gasteiger partial charge in [-0.2, -0.15) is 0 Å². The maximum atomic E-state index is 13.0. The van der Waals surface area contributed by atoms with Crippen molar-refractivity contribution in [3.05, 3.63) is 42.1 Å². The topological polar surface area (TPSA) is 94.8 Å². The molecule has 0 saturated carbocycles. The Balaban J connectivity index is 1.23. The van der Waals surface area contributed by atoms with Gasteiger partial charge < -0.3 is 19.5 Å². The Bertz CT molecular complexity index is 886. The van der Waals surface area contributed by atoms with Crippen LogP contribution >= 0.6 is 0 Å². The second-order valence-corrected chi connectivity index (χ2v) is 8.25. The molecule has 0 aliphatic carbocycles. The highest BCUT2D eigenvalue weighted by molar-refractivity contribution is 5.93. The zero-order valence-corrected chi connectivity index (χ0v) is 18.2. The molecule has 0 radical (unpaired) electrons. The van der Waals surface area contributed by atoms with Gasteiger partial charge in [0, 0.05) is 63.3 Å². The quantitative estimate of drug-likeness (QED) is 0.770. The van der Waals surface area contributed by atoms with Gasteiger partial charge in [0.2, 0.25) is 11.9 Å². The molecule has 2 aliphatic rings. The molecule has 31 heavy (non-hydrogen) atoms. The number of piperazine rings is 1. The summed E-state index contributed by atoms with van der Waals surface area (Å²) in [6.07, 6.45) is 6.66. The standard InChI is InChI=1S/C22H30N6O3/c1-16-6-15-31-19(16)20(29)25-18-4-9-26(10-5-18)17(2)21(30)27-11-13-28(14-12-27)22-23-7-3-8-24-22/h3,6-8,15,17-18H,4-5,9-14H2,1-2H3,(H,25,29). The molecule has 0 bridgehead atoms. The van der Waals surface area contributed by atoms with Crippen molar-refractivity contribution >= 4 is 17.8 Å². The Labute approximate surface area is 182 Å². The summed E-state index contributed by atoms with van der Waals surface area (Å²) in [7, 11) is 0. The first-order valence-corrected chi connectivity index (χ1v) is 10.9. The maximum absolute atomic E-state index is 13.0. The molecule has 9 nitrogen and oxygen atoms in total. The maximum Gasteiger partial charge on any atom is 0.287 e. The molecule has 2 aromatic heterocycles. The molecule has 2 aromatic rings. The van der Waals surface area contributed by atoms with Gasteiger partial charge in [0.05, 0.1) is 12.3 Å². The second-order valence-electron chi connectivity index (χ2n) is 8.25. The Hall–Kier alpha value is -2.94. The van der Waals surface area contributed by atoms with Crippen molar-refractivity contribution in [1.82, 2.24) is 25.1 Å². The van der Waals surface area contributed by atoms with Crippen molar-refractivity contribution in [1.29, 1.82) is 0 Å². The van der Waals surface area contributed by atoms with E-state index in [1.54, 1.807) is 24.5 Å². The van der Waals surface area contributed by atoms with E-state index < -0.39 is 0 Å². The molecule has 4 rings (SSSR count). The van der Waals surface area contributed by atoms with Gasteiger partial charge >= 0.3 is 0 Å². The van der Waals surface area contributed by atoms with Crippen LogP contribution in [0.15, 0.2) is 35.2 Å². The fraction of sp³-hybridized carbons (Fsp3) is 0.545. The lowest BCUT2D eigenvalue weighted by Crippen LogP contribution is -2.56. The summed E-state index contributed by atoms with van der Waals surface area (Å²) in [5.41, 5.74) is 0.841. The number of furan rings is 1. The first-order valence-electron chi connectivity index (χ1n) is 10.9. The molecule has 2 amide bonds. The second kappa shape index (κ2) is 9.47. The van der Waals surface area contributed by atoms with E-state index in [1.807, 2.05) is 18.7 Å². The molecule has 1 N–H and O–H groups in total. The molecule has 2 aliphatic heterocycles. The van der Waals surface area contributed by atoms with Crippen molar-refractivity contribution in [2.45, 2.75) is 38.8 Å². The van der Waals surface area contributed by atoms with Crippen LogP contribution in [0.3, 0.4) is 0 Å². The van der Waals surface area contributed by atoms with Crippen LogP contribution in [0.5, 0.6) is 0 Å². The predicted molar refractivity (Wildman–Crippen MR) is 116 cm³/mol. The van der Waals surface area contributed by atoms with Crippen molar-refractivity contribution < 1.29 is 14.0 Å². The number of anilines is 1. The highest BCUT2D eigenvalue weighted by atomic mass is 16.3. The third-order valence-electron chi connectivity index (χ3n) is 6.26. The molecule has 1 atom stereocenters. The van der Waals surface area contributed by atoms with Crippen LogP contribution in [0.25, 0.3) is 0 Å². The minimum atomic E-state index is -0.163. The molecule has 2 saturated heterocycles. The summed E-state index contributed by atoms with van der Waals surface area (Å²) in [6.45, 7) is 8.25. The number of carbonyl (C=O) groups is 2. The molecule has 2 fully saturated rings. The molecule has 166 valence electrons. The lowest BCUT2D eigenvalue weighted by atomic mass is 10.0. The number of likely N-dealkylation sites (tertiary alicyclic amines) is 1. The minimum Gasteiger partial charge on any atom is -0.459 e. The van der Waals surface area contributed by atoms with Gasteiger partial charge in [-0.15, -0.1) is 0 Å². The van der Waals surface area contributed by atoms with E-state index in [-0.39, 0.29) is 23.9 Å². The molecule has 1 unspecified atom stereocenters. The summed E-state index contributed by atoms with van der Waals surface area (Å²) in [4.78, 5) is 40.3. The molecule has 4 heterocycles. The fourth-order valence-electron chi connectivity index (χ4n) is 4.29. The molecule has 0 spiro atoms. The Morgan fingerprint density at radius 3 is 2.39 bits per heavy atom. The third kappa shape index (κ3) is 4.87. The summed E-state index contributed by atoms with van der Waals surface area (Å²) in [5, 5.41) is 3.06. The number of rotatable bonds is 5. The summed E-state index contributed by atoms with van der Waals surface area (Å²) in [6, 6.07) is 3.53. The van der Waals surface area contributed by atoms with Gasteiger partial charge in [-0.05, 0) is 38.8 Å². The van der Waals surface area contributed by atoms with Crippen molar-refractivity contribution in [3.8, 4) is 0 Å². The van der Waals surface area contributed by atoms with E-state index in [4.69, 9.17) is 4.42 Å². The Morgan fingerprint density at radius 1 is 1.10 bits per heavy atom. The number of aromatic nitrogens is 2. The van der Waals surface area contributed by atoms with E-state index in [9.17, 15) is 9.59 Å². The van der Waals surface area contributed by atoms with Crippen molar-refractivity contribution in [2.24, 2.45) is 0 Å². The number of nitrogens with zero attached hydrogens (tertiary/aromatic N) is 5. The molecule has 0 aromatic carbocycles. The van der Waals surface area contributed by atoms with E-state index in [2.05, 4.69) is 25.1 Å². The summed E-state index contributed by atoms with van der Waals surface area (Å²) < 4.78 is 5.28. The van der Waals surface area contributed by atoms with Crippen LogP contribution in [-0.4, -0.2) is 82.9 Å². The van der Waals surface area contributed by atoms with Gasteiger partial charge in [0.1, 0.15) is 0 Å². The first kappa shape index (κ1) is 21.3. The Kier molecular flexibility index (Phi) is 6.50. The number of hydrogen-bond acceptors (Lipinski definition) is 7. The minimum absolute atomic E-state index is 0.102. The SMILES string of the molecule is Cc1ccoc1C(=O)NC1CCN(C(C)C(=O)N2CCN(c3ncccn3)CC2)CC1. The van der Waals surface area contributed by atoms with Gasteiger partial charge in [0.15, 0.2) is 5.76 Å². The van der Waals surface area contributed by atoms with Crippen LogP contribution in [-0.2, 0) is 4.79 Å².